The minimum atomic E-state index is -0.628. The fourth-order valence-corrected chi connectivity index (χ4v) is 4.60. The second-order valence-corrected chi connectivity index (χ2v) is 8.55. The molecule has 4 rings (SSSR count). The molecule has 158 valence electrons. The number of hydrogen-bond donors (Lipinski definition) is 1. The van der Waals surface area contributed by atoms with Gasteiger partial charge in [-0.15, -0.1) is 0 Å². The highest BCUT2D eigenvalue weighted by Crippen LogP contribution is 2.34. The maximum Gasteiger partial charge on any atom is 0.254 e. The van der Waals surface area contributed by atoms with Crippen LogP contribution in [0.2, 0.25) is 0 Å². The number of nitrogens with two attached hydrogens (primary N) is 1. The number of amides is 2. The predicted octanol–water partition coefficient (Wildman–Crippen LogP) is 1.44. The van der Waals surface area contributed by atoms with Crippen LogP contribution in [0.3, 0.4) is 0 Å². The van der Waals surface area contributed by atoms with Crippen molar-refractivity contribution in [2.24, 2.45) is 11.7 Å². The quantitative estimate of drug-likeness (QED) is 0.807. The maximum atomic E-state index is 12.8. The van der Waals surface area contributed by atoms with Gasteiger partial charge in [-0.05, 0) is 61.8 Å². The number of benzene rings is 1. The molecule has 0 bridgehead atoms. The summed E-state index contributed by atoms with van der Waals surface area (Å²) in [5, 5.41) is 0. The molecule has 0 radical (unpaired) electrons. The van der Waals surface area contributed by atoms with Crippen LogP contribution >= 0.6 is 0 Å². The highest BCUT2D eigenvalue weighted by Gasteiger charge is 2.44. The molecular formula is C22H31N3O4. The molecule has 2 N–H and O–H groups in total. The first kappa shape index (κ1) is 20.2. The van der Waals surface area contributed by atoms with E-state index in [-0.39, 0.29) is 11.8 Å². The molecule has 0 aromatic heterocycles. The summed E-state index contributed by atoms with van der Waals surface area (Å²) in [6.07, 6.45) is 4.38. The van der Waals surface area contributed by atoms with Gasteiger partial charge in [0.1, 0.15) is 5.75 Å². The first-order chi connectivity index (χ1) is 14.0. The van der Waals surface area contributed by atoms with Crippen LogP contribution in [0, 0.1) is 5.92 Å². The summed E-state index contributed by atoms with van der Waals surface area (Å²) in [6, 6.07) is 5.67. The second-order valence-electron chi connectivity index (χ2n) is 8.55. The lowest BCUT2D eigenvalue weighted by Crippen LogP contribution is -2.59. The van der Waals surface area contributed by atoms with Gasteiger partial charge in [0, 0.05) is 31.7 Å². The molecule has 2 amide bonds. The molecule has 1 unspecified atom stereocenters. The van der Waals surface area contributed by atoms with Gasteiger partial charge in [0.15, 0.2) is 0 Å². The van der Waals surface area contributed by atoms with E-state index in [4.69, 9.17) is 15.2 Å². The van der Waals surface area contributed by atoms with Gasteiger partial charge in [-0.25, -0.2) is 0 Å². The zero-order chi connectivity index (χ0) is 20.4. The van der Waals surface area contributed by atoms with Crippen molar-refractivity contribution in [1.29, 1.82) is 0 Å². The maximum absolute atomic E-state index is 12.8. The van der Waals surface area contributed by atoms with Crippen LogP contribution in [0.1, 0.15) is 41.6 Å². The lowest BCUT2D eigenvalue weighted by Gasteiger charge is -2.39. The number of morpholine rings is 1. The van der Waals surface area contributed by atoms with Crippen LogP contribution in [-0.4, -0.2) is 73.7 Å². The summed E-state index contributed by atoms with van der Waals surface area (Å²) < 4.78 is 10.9. The van der Waals surface area contributed by atoms with E-state index in [1.165, 1.54) is 0 Å². The highest BCUT2D eigenvalue weighted by atomic mass is 16.5. The molecule has 1 aromatic carbocycles. The minimum Gasteiger partial charge on any atom is -0.496 e. The van der Waals surface area contributed by atoms with Crippen LogP contribution < -0.4 is 10.5 Å². The van der Waals surface area contributed by atoms with Crippen LogP contribution in [0.5, 0.6) is 5.75 Å². The third-order valence-electron chi connectivity index (χ3n) is 6.58. The van der Waals surface area contributed by atoms with Gasteiger partial charge in [-0.3, -0.25) is 9.59 Å². The van der Waals surface area contributed by atoms with E-state index >= 15 is 0 Å². The van der Waals surface area contributed by atoms with Crippen molar-refractivity contribution in [3.63, 3.8) is 0 Å². The average molecular weight is 402 g/mol. The lowest BCUT2D eigenvalue weighted by atomic mass is 9.76. The Balaban J connectivity index is 1.43. The summed E-state index contributed by atoms with van der Waals surface area (Å²) in [7, 11) is 1.65. The van der Waals surface area contributed by atoms with Crippen LogP contribution in [0.4, 0.5) is 0 Å². The molecule has 2 heterocycles. The predicted molar refractivity (Wildman–Crippen MR) is 109 cm³/mol. The summed E-state index contributed by atoms with van der Waals surface area (Å²) >= 11 is 0. The molecule has 1 aliphatic carbocycles. The van der Waals surface area contributed by atoms with Gasteiger partial charge in [0.25, 0.3) is 5.91 Å². The molecular weight excluding hydrogens is 370 g/mol. The smallest absolute Gasteiger partial charge is 0.254 e. The number of likely N-dealkylation sites (tertiary alicyclic amines) is 1. The third-order valence-corrected chi connectivity index (χ3v) is 6.58. The van der Waals surface area contributed by atoms with E-state index in [0.29, 0.717) is 37.8 Å². The van der Waals surface area contributed by atoms with Crippen LogP contribution in [-0.2, 0) is 16.0 Å². The molecule has 3 aliphatic rings. The van der Waals surface area contributed by atoms with E-state index in [2.05, 4.69) is 0 Å². The van der Waals surface area contributed by atoms with E-state index < -0.39 is 5.54 Å². The molecule has 1 saturated carbocycles. The number of rotatable bonds is 5. The summed E-state index contributed by atoms with van der Waals surface area (Å²) in [6.45, 7) is 3.91. The molecule has 7 nitrogen and oxygen atoms in total. The third kappa shape index (κ3) is 4.12. The second kappa shape index (κ2) is 8.32. The summed E-state index contributed by atoms with van der Waals surface area (Å²) in [5.74, 6) is 1.29. The molecule has 2 saturated heterocycles. The zero-order valence-electron chi connectivity index (χ0n) is 17.2. The lowest BCUT2D eigenvalue weighted by molar-refractivity contribution is -0.139. The molecule has 3 fully saturated rings. The highest BCUT2D eigenvalue weighted by molar-refractivity contribution is 5.94. The zero-order valence-corrected chi connectivity index (χ0v) is 17.2. The van der Waals surface area contributed by atoms with Crippen molar-refractivity contribution >= 4 is 11.8 Å². The fraction of sp³-hybridized carbons (Fsp3) is 0.636. The van der Waals surface area contributed by atoms with Gasteiger partial charge >= 0.3 is 0 Å². The van der Waals surface area contributed by atoms with Gasteiger partial charge < -0.3 is 25.0 Å². The molecule has 29 heavy (non-hydrogen) atoms. The van der Waals surface area contributed by atoms with Crippen LogP contribution in [0.15, 0.2) is 18.2 Å². The molecule has 2 aliphatic heterocycles. The van der Waals surface area contributed by atoms with E-state index in [9.17, 15) is 9.59 Å². The van der Waals surface area contributed by atoms with Crippen LogP contribution in [0.25, 0.3) is 0 Å². The fourth-order valence-electron chi connectivity index (χ4n) is 4.60. The first-order valence-corrected chi connectivity index (χ1v) is 10.6. The largest absolute Gasteiger partial charge is 0.496 e. The molecule has 1 atom stereocenters. The molecule has 7 heteroatoms. The summed E-state index contributed by atoms with van der Waals surface area (Å²) in [5.41, 5.74) is 7.31. The number of methoxy groups -OCH3 is 1. The van der Waals surface area contributed by atoms with E-state index in [0.717, 1.165) is 56.5 Å². The van der Waals surface area contributed by atoms with Crippen molar-refractivity contribution in [2.45, 2.75) is 37.6 Å². The standard InChI is InChI=1S/C22H31N3O4/c1-28-19-4-3-17(20(26)24-9-11-29-12-10-24)14-18(19)13-16-5-8-25(15-16)21(27)22(23)6-2-7-22/h3-4,14,16H,2,5-13,15,23H2,1H3. The average Bonchev–Trinajstić information content (AvgIpc) is 3.20. The van der Waals surface area contributed by atoms with E-state index in [1.54, 1.807) is 7.11 Å². The molecule has 1 aromatic rings. The normalized spacial score (nSPS) is 23.6. The van der Waals surface area contributed by atoms with Gasteiger partial charge in [-0.1, -0.05) is 0 Å². The van der Waals surface area contributed by atoms with Gasteiger partial charge in [0.2, 0.25) is 5.91 Å². The van der Waals surface area contributed by atoms with Crippen molar-refractivity contribution < 1.29 is 19.1 Å². The number of nitrogens with zero attached hydrogens (tertiary/aromatic N) is 2. The van der Waals surface area contributed by atoms with Crippen molar-refractivity contribution in [3.05, 3.63) is 29.3 Å². The number of ether oxygens (including phenoxy) is 2. The van der Waals surface area contributed by atoms with Crippen molar-refractivity contribution in [1.82, 2.24) is 9.80 Å². The Kier molecular flexibility index (Phi) is 5.79. The first-order valence-electron chi connectivity index (χ1n) is 10.6. The van der Waals surface area contributed by atoms with E-state index in [1.807, 2.05) is 28.0 Å². The summed E-state index contributed by atoms with van der Waals surface area (Å²) in [4.78, 5) is 29.3. The topological polar surface area (TPSA) is 85.1 Å². The van der Waals surface area contributed by atoms with Gasteiger partial charge in [-0.2, -0.15) is 0 Å². The number of carbonyl (C=O) groups is 2. The Hall–Kier alpha value is -2.12. The minimum absolute atomic E-state index is 0.0375. The monoisotopic (exact) mass is 401 g/mol. The Morgan fingerprint density at radius 3 is 2.62 bits per heavy atom. The Labute approximate surface area is 172 Å². The Bertz CT molecular complexity index is 771. The molecule has 0 spiro atoms. The Morgan fingerprint density at radius 1 is 1.21 bits per heavy atom. The number of carbonyl (C=O) groups excluding carboxylic acids is 2. The van der Waals surface area contributed by atoms with Crippen molar-refractivity contribution in [2.75, 3.05) is 46.5 Å². The SMILES string of the molecule is COc1ccc(C(=O)N2CCOCC2)cc1CC1CCN(C(=O)C2(N)CCC2)C1. The Morgan fingerprint density at radius 2 is 1.97 bits per heavy atom. The van der Waals surface area contributed by atoms with Gasteiger partial charge in [0.05, 0.1) is 25.9 Å². The number of hydrogen-bond acceptors (Lipinski definition) is 5. The van der Waals surface area contributed by atoms with Crippen molar-refractivity contribution in [3.8, 4) is 5.75 Å².